The first-order chi connectivity index (χ1) is 9.35. The summed E-state index contributed by atoms with van der Waals surface area (Å²) >= 11 is 0. The first-order valence-electron chi connectivity index (χ1n) is 7.55. The molecule has 2 rings (SSSR count). The van der Waals surface area contributed by atoms with Gasteiger partial charge < -0.3 is 15.8 Å². The van der Waals surface area contributed by atoms with Gasteiger partial charge in [0.05, 0.1) is 11.8 Å². The van der Waals surface area contributed by atoms with Gasteiger partial charge in [0.25, 0.3) is 0 Å². The highest BCUT2D eigenvalue weighted by atomic mass is 16.5. The molecule has 0 aromatic carbocycles. The first kappa shape index (κ1) is 14.9. The Kier molecular flexibility index (Phi) is 4.41. The van der Waals surface area contributed by atoms with Crippen LogP contribution in [-0.4, -0.2) is 17.1 Å². The number of nitrogens with two attached hydrogens (primary N) is 1. The molecule has 1 aromatic heterocycles. The van der Waals surface area contributed by atoms with Crippen LogP contribution < -0.4 is 15.8 Å². The van der Waals surface area contributed by atoms with Crippen LogP contribution in [0.4, 0.5) is 11.5 Å². The van der Waals surface area contributed by atoms with E-state index in [1.165, 1.54) is 25.7 Å². The lowest BCUT2D eigenvalue weighted by Gasteiger charge is -2.35. The summed E-state index contributed by atoms with van der Waals surface area (Å²) in [5, 5.41) is 3.53. The van der Waals surface area contributed by atoms with Crippen LogP contribution in [-0.2, 0) is 0 Å². The van der Waals surface area contributed by atoms with Crippen LogP contribution in [0.5, 0.6) is 5.88 Å². The number of nitrogens with one attached hydrogen (secondary N) is 1. The molecule has 1 fully saturated rings. The number of pyridine rings is 1. The largest absolute Gasteiger partial charge is 0.473 e. The predicted molar refractivity (Wildman–Crippen MR) is 84.1 cm³/mol. The summed E-state index contributed by atoms with van der Waals surface area (Å²) in [6, 6.07) is 4.28. The summed E-state index contributed by atoms with van der Waals surface area (Å²) < 4.78 is 5.64. The number of hydrogen-bond donors (Lipinski definition) is 2. The zero-order valence-corrected chi connectivity index (χ0v) is 13.1. The minimum absolute atomic E-state index is 0.0775. The smallest absolute Gasteiger partial charge is 0.239 e. The van der Waals surface area contributed by atoms with E-state index in [2.05, 4.69) is 24.1 Å². The standard InChI is InChI=1S/C16H27N3O/c1-11(2)20-15-13(17)7-8-14(19-15)18-12-6-5-9-16(3,4)10-12/h7-8,11-12H,5-6,9-10,17H2,1-4H3,(H,18,19). The van der Waals surface area contributed by atoms with Gasteiger partial charge in [-0.25, -0.2) is 0 Å². The summed E-state index contributed by atoms with van der Waals surface area (Å²) in [4.78, 5) is 4.50. The summed E-state index contributed by atoms with van der Waals surface area (Å²) in [5.74, 6) is 1.39. The predicted octanol–water partition coefficient (Wildman–Crippen LogP) is 3.83. The number of hydrogen-bond acceptors (Lipinski definition) is 4. The van der Waals surface area contributed by atoms with Gasteiger partial charge >= 0.3 is 0 Å². The van der Waals surface area contributed by atoms with Gasteiger partial charge in [0, 0.05) is 6.04 Å². The van der Waals surface area contributed by atoms with Crippen LogP contribution in [0.2, 0.25) is 0 Å². The number of nitrogen functional groups attached to an aromatic ring is 1. The maximum absolute atomic E-state index is 5.90. The molecular weight excluding hydrogens is 250 g/mol. The monoisotopic (exact) mass is 277 g/mol. The Morgan fingerprint density at radius 2 is 2.15 bits per heavy atom. The molecule has 0 spiro atoms. The second-order valence-corrected chi connectivity index (χ2v) is 6.86. The minimum atomic E-state index is 0.0775. The van der Waals surface area contributed by atoms with Crippen molar-refractivity contribution in [1.29, 1.82) is 0 Å². The van der Waals surface area contributed by atoms with Gasteiger partial charge in [-0.1, -0.05) is 20.3 Å². The van der Waals surface area contributed by atoms with Crippen LogP contribution in [0.15, 0.2) is 12.1 Å². The fourth-order valence-electron chi connectivity index (χ4n) is 2.88. The molecule has 1 atom stereocenters. The van der Waals surface area contributed by atoms with Gasteiger partial charge in [-0.05, 0) is 50.7 Å². The average Bonchev–Trinajstić information content (AvgIpc) is 2.31. The second-order valence-electron chi connectivity index (χ2n) is 6.86. The van der Waals surface area contributed by atoms with Crippen molar-refractivity contribution in [2.24, 2.45) is 5.41 Å². The van der Waals surface area contributed by atoms with E-state index in [0.717, 1.165) is 5.82 Å². The molecule has 1 aromatic rings. The molecule has 3 N–H and O–H groups in total. The summed E-state index contributed by atoms with van der Waals surface area (Å²) in [6.07, 6.45) is 5.04. The van der Waals surface area contributed by atoms with Crippen molar-refractivity contribution in [3.63, 3.8) is 0 Å². The lowest BCUT2D eigenvalue weighted by atomic mass is 9.75. The van der Waals surface area contributed by atoms with E-state index < -0.39 is 0 Å². The highest BCUT2D eigenvalue weighted by molar-refractivity contribution is 5.54. The molecule has 1 heterocycles. The van der Waals surface area contributed by atoms with E-state index in [1.54, 1.807) is 0 Å². The molecule has 112 valence electrons. The molecule has 1 unspecified atom stereocenters. The van der Waals surface area contributed by atoms with E-state index in [-0.39, 0.29) is 6.10 Å². The molecule has 20 heavy (non-hydrogen) atoms. The highest BCUT2D eigenvalue weighted by Gasteiger charge is 2.28. The maximum Gasteiger partial charge on any atom is 0.239 e. The van der Waals surface area contributed by atoms with Gasteiger partial charge in [0.15, 0.2) is 0 Å². The van der Waals surface area contributed by atoms with E-state index in [4.69, 9.17) is 10.5 Å². The fraction of sp³-hybridized carbons (Fsp3) is 0.688. The minimum Gasteiger partial charge on any atom is -0.473 e. The van der Waals surface area contributed by atoms with Gasteiger partial charge in [-0.3, -0.25) is 0 Å². The van der Waals surface area contributed by atoms with Gasteiger partial charge in [0.1, 0.15) is 5.82 Å². The van der Waals surface area contributed by atoms with E-state index in [1.807, 2.05) is 26.0 Å². The molecule has 0 radical (unpaired) electrons. The van der Waals surface area contributed by atoms with Crippen LogP contribution in [0, 0.1) is 5.41 Å². The first-order valence-corrected chi connectivity index (χ1v) is 7.55. The third-order valence-corrected chi connectivity index (χ3v) is 3.79. The van der Waals surface area contributed by atoms with Crippen molar-refractivity contribution < 1.29 is 4.74 Å². The maximum atomic E-state index is 5.90. The number of rotatable bonds is 4. The molecule has 4 nitrogen and oxygen atoms in total. The van der Waals surface area contributed by atoms with Crippen molar-refractivity contribution in [1.82, 2.24) is 4.98 Å². The zero-order chi connectivity index (χ0) is 14.8. The Hall–Kier alpha value is -1.45. The van der Waals surface area contributed by atoms with Gasteiger partial charge in [0.2, 0.25) is 5.88 Å². The molecule has 1 aliphatic carbocycles. The van der Waals surface area contributed by atoms with Crippen molar-refractivity contribution in [2.75, 3.05) is 11.1 Å². The molecule has 0 amide bonds. The van der Waals surface area contributed by atoms with E-state index in [9.17, 15) is 0 Å². The summed E-state index contributed by atoms with van der Waals surface area (Å²) in [6.45, 7) is 8.63. The summed E-state index contributed by atoms with van der Waals surface area (Å²) in [5.41, 5.74) is 6.91. The Balaban J connectivity index is 2.06. The quantitative estimate of drug-likeness (QED) is 0.878. The number of nitrogens with zero attached hydrogens (tertiary/aromatic N) is 1. The number of aromatic nitrogens is 1. The molecule has 0 aliphatic heterocycles. The molecular formula is C16H27N3O. The van der Waals surface area contributed by atoms with Crippen LogP contribution in [0.3, 0.4) is 0 Å². The zero-order valence-electron chi connectivity index (χ0n) is 13.1. The normalized spacial score (nSPS) is 21.8. The van der Waals surface area contributed by atoms with E-state index >= 15 is 0 Å². The lowest BCUT2D eigenvalue weighted by Crippen LogP contribution is -2.32. The van der Waals surface area contributed by atoms with Crippen molar-refractivity contribution in [2.45, 2.75) is 65.5 Å². The molecule has 4 heteroatoms. The third-order valence-electron chi connectivity index (χ3n) is 3.79. The highest BCUT2D eigenvalue weighted by Crippen LogP contribution is 2.36. The van der Waals surface area contributed by atoms with Crippen LogP contribution >= 0.6 is 0 Å². The van der Waals surface area contributed by atoms with Gasteiger partial charge in [-0.2, -0.15) is 4.98 Å². The lowest BCUT2D eigenvalue weighted by molar-refractivity contribution is 0.228. The molecule has 0 saturated heterocycles. The summed E-state index contributed by atoms with van der Waals surface area (Å²) in [7, 11) is 0. The molecule has 1 aliphatic rings. The second kappa shape index (κ2) is 5.90. The van der Waals surface area contributed by atoms with Crippen LogP contribution in [0.1, 0.15) is 53.4 Å². The number of ether oxygens (including phenoxy) is 1. The van der Waals surface area contributed by atoms with Crippen molar-refractivity contribution >= 4 is 11.5 Å². The van der Waals surface area contributed by atoms with E-state index in [0.29, 0.717) is 23.0 Å². The van der Waals surface area contributed by atoms with Crippen molar-refractivity contribution in [3.8, 4) is 5.88 Å². The Bertz CT molecular complexity index is 457. The van der Waals surface area contributed by atoms with Gasteiger partial charge in [-0.15, -0.1) is 0 Å². The molecule has 0 bridgehead atoms. The Morgan fingerprint density at radius 3 is 2.80 bits per heavy atom. The third kappa shape index (κ3) is 4.02. The average molecular weight is 277 g/mol. The van der Waals surface area contributed by atoms with Crippen LogP contribution in [0.25, 0.3) is 0 Å². The van der Waals surface area contributed by atoms with Crippen molar-refractivity contribution in [3.05, 3.63) is 12.1 Å². The fourth-order valence-corrected chi connectivity index (χ4v) is 2.88. The topological polar surface area (TPSA) is 60.2 Å². The Labute approximate surface area is 122 Å². The Morgan fingerprint density at radius 1 is 1.40 bits per heavy atom. The molecule has 1 saturated carbocycles. The SMILES string of the molecule is CC(C)Oc1nc(NC2CCCC(C)(C)C2)ccc1N. The number of anilines is 2.